The molecule has 28 heteroatoms. The lowest BCUT2D eigenvalue weighted by atomic mass is 10.0. The highest BCUT2D eigenvalue weighted by molar-refractivity contribution is 14.1. The first kappa shape index (κ1) is 63.4. The maximum absolute atomic E-state index is 14.1. The van der Waals surface area contributed by atoms with Crippen LogP contribution in [0.5, 0.6) is 0 Å². The number of benzene rings is 2. The Bertz CT molecular complexity index is 1930. The van der Waals surface area contributed by atoms with E-state index in [0.29, 0.717) is 0 Å². The second-order valence-electron chi connectivity index (χ2n) is 15.6. The number of likely N-dealkylation sites (N-methyl/N-ethyl adjacent to an activating group) is 4. The normalized spacial score (nSPS) is 14.0. The Morgan fingerprint density at radius 2 is 0.574 bits per heavy atom. The zero-order chi connectivity index (χ0) is 52.4. The maximum Gasteiger partial charge on any atom is 0.255 e. The predicted octanol–water partition coefficient (Wildman–Crippen LogP) is -0.857. The van der Waals surface area contributed by atoms with Gasteiger partial charge >= 0.3 is 0 Å². The topological polar surface area (TPSA) is 324 Å². The van der Waals surface area contributed by atoms with E-state index in [2.05, 4.69) is 0 Å². The molecule has 0 aliphatic heterocycles. The minimum absolute atomic E-state index is 0.0494. The van der Waals surface area contributed by atoms with E-state index in [1.807, 2.05) is 0 Å². The minimum atomic E-state index is -1.90. The molecule has 0 heterocycles. The molecule has 0 aromatic heterocycles. The summed E-state index contributed by atoms with van der Waals surface area (Å²) >= 11 is 10.7. The fourth-order valence-electron chi connectivity index (χ4n) is 6.49. The molecule has 6 amide bonds. The number of aliphatic hydroxyl groups is 10. The number of hydrogen-bond donors (Lipinski definition) is 10. The molecule has 0 saturated carbocycles. The summed E-state index contributed by atoms with van der Waals surface area (Å²) in [5.74, 6) is -4.41. The number of carbonyl (C=O) groups excluding carboxylic acids is 6. The van der Waals surface area contributed by atoms with Crippen LogP contribution in [-0.4, -0.2) is 237 Å². The van der Waals surface area contributed by atoms with Crippen molar-refractivity contribution in [3.8, 4) is 0 Å². The Kier molecular flexibility index (Phi) is 26.7. The lowest BCUT2D eigenvalue weighted by molar-refractivity contribution is -0.118. The smallest absolute Gasteiger partial charge is 0.255 e. The number of amides is 6. The van der Waals surface area contributed by atoms with Gasteiger partial charge in [0, 0.05) is 75.4 Å². The Labute approximate surface area is 474 Å². The van der Waals surface area contributed by atoms with Gasteiger partial charge in [0.15, 0.2) is 0 Å². The summed E-state index contributed by atoms with van der Waals surface area (Å²) in [6, 6.07) is 0. The minimum Gasteiger partial charge on any atom is -0.394 e. The summed E-state index contributed by atoms with van der Waals surface area (Å²) in [6.45, 7) is -3.20. The van der Waals surface area contributed by atoms with Crippen molar-refractivity contribution in [1.29, 1.82) is 0 Å². The Hall–Kier alpha value is -0.760. The molecule has 2 aromatic carbocycles. The van der Waals surface area contributed by atoms with E-state index in [-0.39, 0.29) is 81.2 Å². The SMILES string of the molecule is CC(=O)N(CC(O)C(O)CN(C(C)=O)c1c(I)c(C(=O)N(C)CC(O)CO)c(I)c(C(=O)N(C)CC(O)CO)c1I)c1c(I)c(C(=O)N(C)CC(O)CO)c(I)c(C(=O)N(C)CC(O)CO)c1I. The number of halogens is 6. The fraction of sp³-hybridized carbons (Fsp3) is 0.550. The number of carbonyl (C=O) groups is 6. The van der Waals surface area contributed by atoms with E-state index in [9.17, 15) is 79.8 Å². The number of aliphatic hydroxyl groups excluding tert-OH is 10. The number of anilines is 2. The van der Waals surface area contributed by atoms with Crippen LogP contribution in [-0.2, 0) is 9.59 Å². The van der Waals surface area contributed by atoms with Crippen LogP contribution in [0.15, 0.2) is 0 Å². The first-order chi connectivity index (χ1) is 31.6. The lowest BCUT2D eigenvalue weighted by Crippen LogP contribution is -2.48. The molecule has 22 nitrogen and oxygen atoms in total. The van der Waals surface area contributed by atoms with Crippen molar-refractivity contribution in [3.05, 3.63) is 43.7 Å². The highest BCUT2D eigenvalue weighted by Gasteiger charge is 2.38. The summed E-state index contributed by atoms with van der Waals surface area (Å²) < 4.78 is 0.637. The number of rotatable bonds is 23. The van der Waals surface area contributed by atoms with Crippen molar-refractivity contribution >= 4 is 182 Å². The second kappa shape index (κ2) is 28.6. The van der Waals surface area contributed by atoms with Gasteiger partial charge < -0.3 is 80.5 Å². The third-order valence-electron chi connectivity index (χ3n) is 10.1. The number of hydrogen-bond acceptors (Lipinski definition) is 16. The lowest BCUT2D eigenvalue weighted by Gasteiger charge is -2.34. The van der Waals surface area contributed by atoms with E-state index in [1.165, 1.54) is 28.2 Å². The van der Waals surface area contributed by atoms with Crippen LogP contribution < -0.4 is 9.80 Å². The second-order valence-corrected chi connectivity index (χ2v) is 22.0. The van der Waals surface area contributed by atoms with Crippen molar-refractivity contribution in [3.63, 3.8) is 0 Å². The zero-order valence-corrected chi connectivity index (χ0v) is 50.4. The summed E-state index contributed by atoms with van der Waals surface area (Å²) in [7, 11) is 5.36. The molecule has 382 valence electrons. The molecule has 0 saturated heterocycles. The van der Waals surface area contributed by atoms with Crippen molar-refractivity contribution in [2.24, 2.45) is 0 Å². The molecule has 0 bridgehead atoms. The summed E-state index contributed by atoms with van der Waals surface area (Å²) in [6.07, 6.45) is -9.13. The van der Waals surface area contributed by atoms with Crippen LogP contribution in [0.1, 0.15) is 55.3 Å². The van der Waals surface area contributed by atoms with Crippen LogP contribution >= 0.6 is 136 Å². The molecule has 6 unspecified atom stereocenters. The highest BCUT2D eigenvalue weighted by atomic mass is 127. The van der Waals surface area contributed by atoms with Crippen LogP contribution in [0.2, 0.25) is 0 Å². The Morgan fingerprint density at radius 1 is 0.382 bits per heavy atom. The molecule has 2 rings (SSSR count). The quantitative estimate of drug-likeness (QED) is 0.0606. The van der Waals surface area contributed by atoms with Crippen molar-refractivity contribution in [1.82, 2.24) is 19.6 Å². The van der Waals surface area contributed by atoms with Gasteiger partial charge in [0.05, 0.1) is 124 Å². The van der Waals surface area contributed by atoms with Crippen LogP contribution in [0.25, 0.3) is 0 Å². The van der Waals surface area contributed by atoms with Gasteiger partial charge in [-0.05, 0) is 136 Å². The summed E-state index contributed by atoms with van der Waals surface area (Å²) in [5.41, 5.74) is -0.527. The predicted molar refractivity (Wildman–Crippen MR) is 297 cm³/mol. The molecule has 0 aliphatic rings. The standard InChI is InChI=1S/C40H54I6N6O16/c1-17(57)51(35-31(43)25(37(65)47(3)7-19(59)13-53)29(41)26(32(35)44)38(66)48(4)8-20(60)14-54)11-23(63)24(64)12-52(18(2)58)36-33(45)27(39(67)49(5)9-21(61)15-55)30(42)28(34(36)46)40(68)50(6)10-22(62)16-56/h19-24,53-56,59-64H,7-16H2,1-6H3. The van der Waals surface area contributed by atoms with Crippen LogP contribution in [0, 0.1) is 21.4 Å². The summed E-state index contributed by atoms with van der Waals surface area (Å²) in [4.78, 5) is 90.2. The van der Waals surface area contributed by atoms with E-state index in [0.717, 1.165) is 43.2 Å². The van der Waals surface area contributed by atoms with Crippen molar-refractivity contribution in [2.75, 3.05) is 104 Å². The van der Waals surface area contributed by atoms with Gasteiger partial charge in [0.2, 0.25) is 11.8 Å². The average Bonchev–Trinajstić information content (AvgIpc) is 3.27. The molecule has 0 aliphatic carbocycles. The van der Waals surface area contributed by atoms with Gasteiger partial charge in [-0.2, -0.15) is 0 Å². The molecule has 0 spiro atoms. The van der Waals surface area contributed by atoms with Crippen molar-refractivity contribution < 1.29 is 79.8 Å². The highest BCUT2D eigenvalue weighted by Crippen LogP contribution is 2.41. The Morgan fingerprint density at radius 3 is 0.735 bits per heavy atom. The van der Waals surface area contributed by atoms with E-state index >= 15 is 0 Å². The molecule has 68 heavy (non-hydrogen) atoms. The maximum atomic E-state index is 14.1. The van der Waals surface area contributed by atoms with Crippen LogP contribution in [0.3, 0.4) is 0 Å². The first-order valence-electron chi connectivity index (χ1n) is 20.1. The van der Waals surface area contributed by atoms with Gasteiger partial charge in [0.1, 0.15) is 0 Å². The van der Waals surface area contributed by atoms with Gasteiger partial charge in [-0.25, -0.2) is 0 Å². The first-order valence-corrected chi connectivity index (χ1v) is 26.5. The largest absolute Gasteiger partial charge is 0.394 e. The fourth-order valence-corrected chi connectivity index (χ4v) is 15.8. The third-order valence-corrected chi connectivity index (χ3v) is 16.5. The molecule has 6 atom stereocenters. The monoisotopic (exact) mass is 1640 g/mol. The summed E-state index contributed by atoms with van der Waals surface area (Å²) in [5, 5.41) is 102. The average molecular weight is 1640 g/mol. The van der Waals surface area contributed by atoms with E-state index in [1.54, 1.807) is 136 Å². The van der Waals surface area contributed by atoms with Gasteiger partial charge in [-0.3, -0.25) is 28.8 Å². The van der Waals surface area contributed by atoms with Crippen molar-refractivity contribution in [2.45, 2.75) is 50.5 Å². The van der Waals surface area contributed by atoms with Gasteiger partial charge in [-0.1, -0.05) is 0 Å². The molecule has 0 radical (unpaired) electrons. The molecular formula is C40H54I6N6O16. The molecule has 0 fully saturated rings. The zero-order valence-electron chi connectivity index (χ0n) is 37.4. The van der Waals surface area contributed by atoms with Gasteiger partial charge in [0.25, 0.3) is 23.6 Å². The molecule has 10 N–H and O–H groups in total. The van der Waals surface area contributed by atoms with E-state index in [4.69, 9.17) is 0 Å². The van der Waals surface area contributed by atoms with E-state index < -0.39 is 112 Å². The van der Waals surface area contributed by atoms with Crippen LogP contribution in [0.4, 0.5) is 11.4 Å². The third kappa shape index (κ3) is 15.6. The molecular weight excluding hydrogens is 1580 g/mol. The van der Waals surface area contributed by atoms with Gasteiger partial charge in [-0.15, -0.1) is 0 Å². The number of nitrogens with zero attached hydrogens (tertiary/aromatic N) is 6. The molecule has 2 aromatic rings. The Balaban J connectivity index is 2.91.